The number of benzene rings is 1. The minimum absolute atomic E-state index is 0.0119. The number of halogens is 5. The van der Waals surface area contributed by atoms with E-state index in [4.69, 9.17) is 11.6 Å². The zero-order valence-electron chi connectivity index (χ0n) is 13.9. The van der Waals surface area contributed by atoms with Crippen LogP contribution in [-0.4, -0.2) is 27.7 Å². The molecule has 2 aromatic rings. The molecule has 2 rings (SSSR count). The molecule has 10 heteroatoms. The molecule has 0 fully saturated rings. The maximum Gasteiger partial charge on any atom is 0.433 e. The molecule has 0 saturated carbocycles. The lowest BCUT2D eigenvalue weighted by molar-refractivity contribution is -0.141. The highest BCUT2D eigenvalue weighted by Gasteiger charge is 2.34. The summed E-state index contributed by atoms with van der Waals surface area (Å²) < 4.78 is 52.5. The summed E-state index contributed by atoms with van der Waals surface area (Å²) in [6, 6.07) is 3.61. The van der Waals surface area contributed by atoms with Crippen LogP contribution < -0.4 is 10.6 Å². The van der Waals surface area contributed by atoms with Crippen LogP contribution >= 0.6 is 11.6 Å². The van der Waals surface area contributed by atoms with E-state index in [2.05, 4.69) is 20.6 Å². The van der Waals surface area contributed by atoms with Crippen molar-refractivity contribution in [3.05, 3.63) is 40.8 Å². The van der Waals surface area contributed by atoms with Crippen molar-refractivity contribution in [2.45, 2.75) is 26.1 Å². The Balaban J connectivity index is 2.39. The van der Waals surface area contributed by atoms with Crippen molar-refractivity contribution in [2.24, 2.45) is 5.92 Å². The number of nitrogens with zero attached hydrogens (tertiary/aromatic N) is 2. The molecule has 1 aromatic heterocycles. The van der Waals surface area contributed by atoms with Gasteiger partial charge in [-0.2, -0.15) is 18.2 Å². The monoisotopic (exact) mass is 392 g/mol. The molecule has 1 heterocycles. The Bertz CT molecular complexity index is 770. The van der Waals surface area contributed by atoms with Gasteiger partial charge in [0, 0.05) is 6.07 Å². The maximum absolute atomic E-state index is 13.1. The molecule has 0 unspecified atom stereocenters. The van der Waals surface area contributed by atoms with Gasteiger partial charge in [-0.15, -0.1) is 0 Å². The molecule has 1 aromatic carbocycles. The standard InChI is InChI=1S/C16H17ClF4N4O/c1-8(2)12(7-26)23-15-24-13(16(19,20)21)6-14(25-15)22-11-4-3-9(18)5-10(11)17/h3-6,8,12,26H,7H2,1-2H3,(H2,22,23,24,25)/t12-/m1/s1. The molecule has 3 N–H and O–H groups in total. The van der Waals surface area contributed by atoms with Crippen LogP contribution in [0.15, 0.2) is 24.3 Å². The van der Waals surface area contributed by atoms with Crippen LogP contribution in [0.1, 0.15) is 19.5 Å². The number of alkyl halides is 3. The van der Waals surface area contributed by atoms with Gasteiger partial charge in [-0.3, -0.25) is 0 Å². The Morgan fingerprint density at radius 1 is 1.19 bits per heavy atom. The number of anilines is 3. The SMILES string of the molecule is CC(C)[C@@H](CO)Nc1nc(Nc2ccc(F)cc2Cl)cc(C(F)(F)F)n1. The average molecular weight is 393 g/mol. The number of hydrogen-bond donors (Lipinski definition) is 3. The predicted octanol–water partition coefficient (Wildman–Crippen LogP) is 4.46. The second-order valence-corrected chi connectivity index (χ2v) is 6.29. The molecule has 5 nitrogen and oxygen atoms in total. The summed E-state index contributed by atoms with van der Waals surface area (Å²) in [5.74, 6) is -1.12. The van der Waals surface area contributed by atoms with Gasteiger partial charge in [-0.1, -0.05) is 25.4 Å². The normalized spacial score (nSPS) is 13.0. The third-order valence-corrected chi connectivity index (χ3v) is 3.84. The molecule has 0 aliphatic heterocycles. The van der Waals surface area contributed by atoms with E-state index in [-0.39, 0.29) is 35.0 Å². The van der Waals surface area contributed by atoms with Crippen LogP contribution in [0.3, 0.4) is 0 Å². The largest absolute Gasteiger partial charge is 0.433 e. The molecule has 0 aliphatic rings. The molecule has 1 atom stereocenters. The number of aromatic nitrogens is 2. The van der Waals surface area contributed by atoms with Crippen LogP contribution in [0.2, 0.25) is 5.02 Å². The van der Waals surface area contributed by atoms with Crippen molar-refractivity contribution < 1.29 is 22.7 Å². The lowest BCUT2D eigenvalue weighted by Crippen LogP contribution is -2.30. The Labute approximate surface area is 152 Å². The van der Waals surface area contributed by atoms with Crippen molar-refractivity contribution in [1.82, 2.24) is 9.97 Å². The summed E-state index contributed by atoms with van der Waals surface area (Å²) in [5.41, 5.74) is -0.982. The van der Waals surface area contributed by atoms with Crippen molar-refractivity contribution >= 4 is 29.1 Å². The highest BCUT2D eigenvalue weighted by atomic mass is 35.5. The zero-order valence-corrected chi connectivity index (χ0v) is 14.7. The fourth-order valence-corrected chi connectivity index (χ4v) is 2.25. The first-order valence-corrected chi connectivity index (χ1v) is 8.03. The second kappa shape index (κ2) is 8.05. The molecule has 0 bridgehead atoms. The molecule has 26 heavy (non-hydrogen) atoms. The molecular formula is C16H17ClF4N4O. The van der Waals surface area contributed by atoms with E-state index in [1.54, 1.807) is 13.8 Å². The summed E-state index contributed by atoms with van der Waals surface area (Å²) in [4.78, 5) is 7.44. The summed E-state index contributed by atoms with van der Waals surface area (Å²) in [7, 11) is 0. The predicted molar refractivity (Wildman–Crippen MR) is 91.1 cm³/mol. The Morgan fingerprint density at radius 2 is 1.88 bits per heavy atom. The minimum Gasteiger partial charge on any atom is -0.394 e. The van der Waals surface area contributed by atoms with Crippen LogP contribution in [0, 0.1) is 11.7 Å². The van der Waals surface area contributed by atoms with Crippen LogP contribution in [0.5, 0.6) is 0 Å². The van der Waals surface area contributed by atoms with Crippen LogP contribution in [-0.2, 0) is 6.18 Å². The molecular weight excluding hydrogens is 376 g/mol. The van der Waals surface area contributed by atoms with Gasteiger partial charge in [0.2, 0.25) is 5.95 Å². The van der Waals surface area contributed by atoms with Gasteiger partial charge in [-0.05, 0) is 24.1 Å². The number of aliphatic hydroxyl groups is 1. The first-order chi connectivity index (χ1) is 12.1. The maximum atomic E-state index is 13.1. The van der Waals surface area contributed by atoms with Gasteiger partial charge in [0.05, 0.1) is 23.4 Å². The summed E-state index contributed by atoms with van der Waals surface area (Å²) in [6.45, 7) is 3.28. The fraction of sp³-hybridized carbons (Fsp3) is 0.375. The number of aliphatic hydroxyl groups excluding tert-OH is 1. The van der Waals surface area contributed by atoms with Gasteiger partial charge in [-0.25, -0.2) is 9.37 Å². The van der Waals surface area contributed by atoms with E-state index in [1.807, 2.05) is 0 Å². The molecule has 0 amide bonds. The summed E-state index contributed by atoms with van der Waals surface area (Å²) in [6.07, 6.45) is -4.70. The Morgan fingerprint density at radius 3 is 2.42 bits per heavy atom. The lowest BCUT2D eigenvalue weighted by atomic mass is 10.1. The van der Waals surface area contributed by atoms with Crippen LogP contribution in [0.25, 0.3) is 0 Å². The fourth-order valence-electron chi connectivity index (χ4n) is 2.04. The van der Waals surface area contributed by atoms with E-state index < -0.39 is 23.7 Å². The van der Waals surface area contributed by atoms with Crippen molar-refractivity contribution in [3.8, 4) is 0 Å². The van der Waals surface area contributed by atoms with Crippen LogP contribution in [0.4, 0.5) is 35.0 Å². The molecule has 0 saturated heterocycles. The van der Waals surface area contributed by atoms with Gasteiger partial charge in [0.15, 0.2) is 5.69 Å². The first-order valence-electron chi connectivity index (χ1n) is 7.66. The zero-order chi connectivity index (χ0) is 19.5. The van der Waals surface area contributed by atoms with E-state index >= 15 is 0 Å². The van der Waals surface area contributed by atoms with E-state index in [9.17, 15) is 22.7 Å². The number of rotatable bonds is 6. The van der Waals surface area contributed by atoms with E-state index in [1.165, 1.54) is 6.07 Å². The summed E-state index contributed by atoms with van der Waals surface area (Å²) >= 11 is 5.88. The van der Waals surface area contributed by atoms with Gasteiger partial charge in [0.1, 0.15) is 11.6 Å². The topological polar surface area (TPSA) is 70.1 Å². The Hall–Kier alpha value is -2.13. The molecule has 0 spiro atoms. The smallest absolute Gasteiger partial charge is 0.394 e. The lowest BCUT2D eigenvalue weighted by Gasteiger charge is -2.21. The van der Waals surface area contributed by atoms with E-state index in [0.29, 0.717) is 6.07 Å². The molecule has 0 aliphatic carbocycles. The minimum atomic E-state index is -4.70. The first kappa shape index (κ1) is 20.2. The van der Waals surface area contributed by atoms with E-state index in [0.717, 1.165) is 12.1 Å². The second-order valence-electron chi connectivity index (χ2n) is 5.89. The number of nitrogens with one attached hydrogen (secondary N) is 2. The highest BCUT2D eigenvalue weighted by molar-refractivity contribution is 6.33. The third-order valence-electron chi connectivity index (χ3n) is 3.53. The van der Waals surface area contributed by atoms with Gasteiger partial charge in [0.25, 0.3) is 0 Å². The average Bonchev–Trinajstić information content (AvgIpc) is 2.54. The summed E-state index contributed by atoms with van der Waals surface area (Å²) in [5, 5.41) is 14.6. The quantitative estimate of drug-likeness (QED) is 0.633. The van der Waals surface area contributed by atoms with Crippen molar-refractivity contribution in [3.63, 3.8) is 0 Å². The molecule has 0 radical (unpaired) electrons. The highest BCUT2D eigenvalue weighted by Crippen LogP contribution is 2.32. The molecule has 142 valence electrons. The van der Waals surface area contributed by atoms with Gasteiger partial charge < -0.3 is 15.7 Å². The number of hydrogen-bond acceptors (Lipinski definition) is 5. The van der Waals surface area contributed by atoms with Gasteiger partial charge >= 0.3 is 6.18 Å². The third kappa shape index (κ3) is 5.18. The Kier molecular flexibility index (Phi) is 6.25. The van der Waals surface area contributed by atoms with Crippen molar-refractivity contribution in [2.75, 3.05) is 17.2 Å². The van der Waals surface area contributed by atoms with Crippen molar-refractivity contribution in [1.29, 1.82) is 0 Å².